The van der Waals surface area contributed by atoms with Crippen molar-refractivity contribution < 1.29 is 33.0 Å². The Morgan fingerprint density at radius 1 is 1.00 bits per heavy atom. The van der Waals surface area contributed by atoms with Crippen LogP contribution in [0, 0.1) is 0 Å². The number of ether oxygens (including phenoxy) is 3. The van der Waals surface area contributed by atoms with Gasteiger partial charge in [-0.15, -0.1) is 11.3 Å². The summed E-state index contributed by atoms with van der Waals surface area (Å²) < 4.78 is 21.7. The average molecular weight is 496 g/mol. The van der Waals surface area contributed by atoms with Crippen LogP contribution >= 0.6 is 11.3 Å². The molecule has 0 saturated carbocycles. The van der Waals surface area contributed by atoms with Gasteiger partial charge in [-0.1, -0.05) is 19.1 Å². The number of esters is 3. The molecule has 0 saturated heterocycles. The van der Waals surface area contributed by atoms with Gasteiger partial charge < -0.3 is 18.6 Å². The molecule has 2 aromatic heterocycles. The fourth-order valence-electron chi connectivity index (χ4n) is 3.48. The van der Waals surface area contributed by atoms with E-state index in [9.17, 15) is 19.2 Å². The second kappa shape index (κ2) is 10.1. The molecule has 0 unspecified atom stereocenters. The lowest BCUT2D eigenvalue weighted by Crippen LogP contribution is -2.23. The zero-order chi connectivity index (χ0) is 25.1. The van der Waals surface area contributed by atoms with Crippen LogP contribution < -0.4 is 10.2 Å². The van der Waals surface area contributed by atoms with Crippen molar-refractivity contribution in [2.45, 2.75) is 27.2 Å². The minimum Gasteiger partial charge on any atom is -0.460 e. The van der Waals surface area contributed by atoms with Gasteiger partial charge >= 0.3 is 17.9 Å². The van der Waals surface area contributed by atoms with E-state index in [2.05, 4.69) is 9.72 Å². The largest absolute Gasteiger partial charge is 0.460 e. The molecule has 0 aliphatic rings. The number of para-hydroxylation sites is 1. The molecule has 0 aliphatic carbocycles. The van der Waals surface area contributed by atoms with Crippen molar-refractivity contribution >= 4 is 50.4 Å². The van der Waals surface area contributed by atoms with Crippen LogP contribution in [0.25, 0.3) is 31.8 Å². The van der Waals surface area contributed by atoms with Crippen LogP contribution in [-0.4, -0.2) is 36.1 Å². The van der Waals surface area contributed by atoms with Gasteiger partial charge in [-0.3, -0.25) is 4.79 Å². The Morgan fingerprint density at radius 2 is 1.74 bits per heavy atom. The predicted molar refractivity (Wildman–Crippen MR) is 129 cm³/mol. The minimum absolute atomic E-state index is 0.00419. The molecule has 180 valence electrons. The van der Waals surface area contributed by atoms with Crippen molar-refractivity contribution in [2.24, 2.45) is 0 Å². The van der Waals surface area contributed by atoms with Crippen molar-refractivity contribution in [1.82, 2.24) is 4.98 Å². The van der Waals surface area contributed by atoms with Gasteiger partial charge in [0.15, 0.2) is 0 Å². The van der Waals surface area contributed by atoms with Crippen LogP contribution in [0.5, 0.6) is 5.75 Å². The third-order valence-electron chi connectivity index (χ3n) is 5.07. The van der Waals surface area contributed by atoms with Gasteiger partial charge in [0.1, 0.15) is 21.9 Å². The van der Waals surface area contributed by atoms with E-state index in [1.165, 1.54) is 23.5 Å². The lowest BCUT2D eigenvalue weighted by atomic mass is 10.1. The van der Waals surface area contributed by atoms with Gasteiger partial charge in [0.05, 0.1) is 28.8 Å². The van der Waals surface area contributed by atoms with Gasteiger partial charge in [0.2, 0.25) is 11.2 Å². The summed E-state index contributed by atoms with van der Waals surface area (Å²) in [5, 5.41) is 0.487. The van der Waals surface area contributed by atoms with E-state index in [0.29, 0.717) is 22.5 Å². The third-order valence-corrected chi connectivity index (χ3v) is 6.12. The lowest BCUT2D eigenvalue weighted by molar-refractivity contribution is -0.161. The molecular formula is C25H21NO8S. The number of rotatable bonds is 6. The van der Waals surface area contributed by atoms with E-state index in [-0.39, 0.29) is 41.3 Å². The molecule has 0 fully saturated rings. The molecule has 4 rings (SSSR count). The highest BCUT2D eigenvalue weighted by molar-refractivity contribution is 7.21. The molecule has 2 heterocycles. The second-order valence-electron chi connectivity index (χ2n) is 7.26. The molecule has 0 spiro atoms. The Balaban J connectivity index is 1.93. The molecular weight excluding hydrogens is 474 g/mol. The van der Waals surface area contributed by atoms with E-state index in [0.717, 1.165) is 4.70 Å². The number of aryl methyl sites for hydroxylation is 1. The molecule has 0 atom stereocenters. The van der Waals surface area contributed by atoms with Gasteiger partial charge in [-0.05, 0) is 44.0 Å². The van der Waals surface area contributed by atoms with Crippen molar-refractivity contribution in [1.29, 1.82) is 0 Å². The molecule has 0 aliphatic heterocycles. The van der Waals surface area contributed by atoms with E-state index in [4.69, 9.17) is 13.9 Å². The summed E-state index contributed by atoms with van der Waals surface area (Å²) in [6.45, 7) is 5.07. The zero-order valence-corrected chi connectivity index (χ0v) is 20.0. The first-order valence-electron chi connectivity index (χ1n) is 10.9. The highest BCUT2D eigenvalue weighted by atomic mass is 32.1. The summed E-state index contributed by atoms with van der Waals surface area (Å²) in [4.78, 5) is 54.7. The summed E-state index contributed by atoms with van der Waals surface area (Å²) in [5.74, 6) is -3.47. The van der Waals surface area contributed by atoms with Gasteiger partial charge in [-0.2, -0.15) is 0 Å². The molecule has 2 aromatic carbocycles. The Hall–Kier alpha value is -4.05. The monoisotopic (exact) mass is 495 g/mol. The average Bonchev–Trinajstić information content (AvgIpc) is 3.27. The first-order valence-corrected chi connectivity index (χ1v) is 11.7. The molecule has 0 bridgehead atoms. The molecule has 35 heavy (non-hydrogen) atoms. The standard InChI is InChI=1S/C25H21NO8S/c1-4-13-11-14-17(12-16(13)34-25(30)24(29)32-6-3)33-21(23(28)31-5-2)19(20(14)27)22-26-15-9-7-8-10-18(15)35-22/h7-12H,4-6H2,1-3H3. The van der Waals surface area contributed by atoms with Crippen LogP contribution in [0.1, 0.15) is 36.9 Å². The normalized spacial score (nSPS) is 10.9. The maximum absolute atomic E-state index is 13.6. The van der Waals surface area contributed by atoms with E-state index in [1.807, 2.05) is 18.2 Å². The predicted octanol–water partition coefficient (Wildman–Crippen LogP) is 4.28. The summed E-state index contributed by atoms with van der Waals surface area (Å²) in [5.41, 5.74) is 0.674. The van der Waals surface area contributed by atoms with Crippen LogP contribution in [0.4, 0.5) is 0 Å². The number of hydrogen-bond donors (Lipinski definition) is 0. The number of fused-ring (bicyclic) bond motifs is 2. The minimum atomic E-state index is -1.21. The Kier molecular flexibility index (Phi) is 6.92. The number of carbonyl (C=O) groups is 3. The number of hydrogen-bond acceptors (Lipinski definition) is 10. The number of aromatic nitrogens is 1. The van der Waals surface area contributed by atoms with Gasteiger partial charge in [-0.25, -0.2) is 19.4 Å². The van der Waals surface area contributed by atoms with Crippen LogP contribution in [0.3, 0.4) is 0 Å². The maximum Gasteiger partial charge on any atom is 0.422 e. The molecule has 0 amide bonds. The fraction of sp³-hybridized carbons (Fsp3) is 0.240. The Labute approximate surface area is 203 Å². The smallest absolute Gasteiger partial charge is 0.422 e. The Morgan fingerprint density at radius 3 is 2.43 bits per heavy atom. The maximum atomic E-state index is 13.6. The van der Waals surface area contributed by atoms with Crippen molar-refractivity contribution in [3.63, 3.8) is 0 Å². The van der Waals surface area contributed by atoms with Crippen molar-refractivity contribution in [3.05, 3.63) is 57.9 Å². The topological polar surface area (TPSA) is 122 Å². The van der Waals surface area contributed by atoms with E-state index in [1.54, 1.807) is 26.8 Å². The van der Waals surface area contributed by atoms with Crippen LogP contribution in [0.15, 0.2) is 45.6 Å². The third kappa shape index (κ3) is 4.65. The first-order chi connectivity index (χ1) is 16.9. The van der Waals surface area contributed by atoms with Gasteiger partial charge in [0.25, 0.3) is 0 Å². The fourth-order valence-corrected chi connectivity index (χ4v) is 4.49. The summed E-state index contributed by atoms with van der Waals surface area (Å²) in [6, 6.07) is 10.2. The van der Waals surface area contributed by atoms with E-state index < -0.39 is 23.3 Å². The molecule has 4 aromatic rings. The molecule has 9 nitrogen and oxygen atoms in total. The van der Waals surface area contributed by atoms with E-state index >= 15 is 0 Å². The summed E-state index contributed by atoms with van der Waals surface area (Å²) in [6.07, 6.45) is 0.386. The summed E-state index contributed by atoms with van der Waals surface area (Å²) >= 11 is 1.25. The van der Waals surface area contributed by atoms with Crippen LogP contribution in [0.2, 0.25) is 0 Å². The Bertz CT molecular complexity index is 1480. The number of nitrogens with zero attached hydrogens (tertiary/aromatic N) is 1. The summed E-state index contributed by atoms with van der Waals surface area (Å²) in [7, 11) is 0. The molecule has 10 heteroatoms. The quantitative estimate of drug-likeness (QED) is 0.219. The van der Waals surface area contributed by atoms with Gasteiger partial charge in [0, 0.05) is 6.07 Å². The molecule has 0 N–H and O–H groups in total. The number of benzene rings is 2. The highest BCUT2D eigenvalue weighted by Gasteiger charge is 2.27. The highest BCUT2D eigenvalue weighted by Crippen LogP contribution is 2.34. The first kappa shape index (κ1) is 24.1. The molecule has 0 radical (unpaired) electrons. The van der Waals surface area contributed by atoms with Crippen molar-refractivity contribution in [3.8, 4) is 16.3 Å². The van der Waals surface area contributed by atoms with Crippen molar-refractivity contribution in [2.75, 3.05) is 13.2 Å². The lowest BCUT2D eigenvalue weighted by Gasteiger charge is -2.12. The number of carbonyl (C=O) groups excluding carboxylic acids is 3. The zero-order valence-electron chi connectivity index (χ0n) is 19.2. The number of thiazole rings is 1. The second-order valence-corrected chi connectivity index (χ2v) is 8.29. The SMILES string of the molecule is CCOC(=O)C(=O)Oc1cc2oc(C(=O)OCC)c(-c3nc4ccccc4s3)c(=O)c2cc1CC. The van der Waals surface area contributed by atoms with Crippen LogP contribution in [-0.2, 0) is 25.5 Å².